The highest BCUT2D eigenvalue weighted by Crippen LogP contribution is 2.41. The number of nitrogens with zero attached hydrogens (tertiary/aromatic N) is 1. The predicted octanol–water partition coefficient (Wildman–Crippen LogP) is 4.25. The topological polar surface area (TPSA) is 24.9 Å². The van der Waals surface area contributed by atoms with E-state index >= 15 is 0 Å². The number of fused-ring (bicyclic) bond motifs is 1. The van der Waals surface area contributed by atoms with Gasteiger partial charge in [0.25, 0.3) is 0 Å². The average molecular weight is 363 g/mol. The molecule has 0 radical (unpaired) electrons. The van der Waals surface area contributed by atoms with Gasteiger partial charge in [-0.05, 0) is 46.2 Å². The fraction of sp³-hybridized carbons (Fsp3) is 0.353. The van der Waals surface area contributed by atoms with Crippen LogP contribution in [0.25, 0.3) is 0 Å². The first-order chi connectivity index (χ1) is 10.3. The lowest BCUT2D eigenvalue weighted by Crippen LogP contribution is -2.37. The molecule has 2 nitrogen and oxygen atoms in total. The molecular formula is C17H19BrN2S. The van der Waals surface area contributed by atoms with Crippen LogP contribution in [-0.2, 0) is 6.42 Å². The van der Waals surface area contributed by atoms with Gasteiger partial charge in [-0.3, -0.25) is 4.98 Å². The minimum Gasteiger partial charge on any atom is -0.313 e. The van der Waals surface area contributed by atoms with Crippen LogP contribution in [0.3, 0.4) is 0 Å². The molecule has 0 aliphatic carbocycles. The molecule has 4 heteroatoms. The smallest absolute Gasteiger partial charge is 0.0420 e. The molecule has 0 amide bonds. The van der Waals surface area contributed by atoms with Crippen LogP contribution >= 0.6 is 27.7 Å². The zero-order valence-corrected chi connectivity index (χ0v) is 14.5. The van der Waals surface area contributed by atoms with Crippen LogP contribution in [0.5, 0.6) is 0 Å². The van der Waals surface area contributed by atoms with Crippen molar-refractivity contribution in [3.05, 3.63) is 58.3 Å². The molecule has 0 saturated carbocycles. The first kappa shape index (κ1) is 15.1. The molecule has 3 rings (SSSR count). The second-order valence-electron chi connectivity index (χ2n) is 5.29. The van der Waals surface area contributed by atoms with Gasteiger partial charge in [-0.15, -0.1) is 11.8 Å². The number of rotatable bonds is 5. The number of hydrogen-bond donors (Lipinski definition) is 1. The highest BCUT2D eigenvalue weighted by Gasteiger charge is 2.29. The summed E-state index contributed by atoms with van der Waals surface area (Å²) in [6, 6.07) is 13.4. The Morgan fingerprint density at radius 1 is 1.33 bits per heavy atom. The molecule has 0 bridgehead atoms. The summed E-state index contributed by atoms with van der Waals surface area (Å²) in [5.74, 6) is 1.73. The van der Waals surface area contributed by atoms with E-state index in [1.807, 2.05) is 18.0 Å². The van der Waals surface area contributed by atoms with Crippen molar-refractivity contribution >= 4 is 27.7 Å². The molecule has 1 aromatic heterocycles. The third-order valence-electron chi connectivity index (χ3n) is 3.91. The molecule has 1 aliphatic heterocycles. The van der Waals surface area contributed by atoms with Gasteiger partial charge >= 0.3 is 0 Å². The molecule has 110 valence electrons. The number of thioether (sulfide) groups is 1. The van der Waals surface area contributed by atoms with Crippen molar-refractivity contribution in [1.82, 2.24) is 10.3 Å². The number of aromatic nitrogens is 1. The molecule has 2 atom stereocenters. The maximum Gasteiger partial charge on any atom is 0.0420 e. The molecule has 21 heavy (non-hydrogen) atoms. The Labute approximate surface area is 138 Å². The lowest BCUT2D eigenvalue weighted by molar-refractivity contribution is 0.459. The Hall–Kier alpha value is -0.840. The minimum absolute atomic E-state index is 0.444. The summed E-state index contributed by atoms with van der Waals surface area (Å²) >= 11 is 5.42. The normalized spacial score (nSPS) is 18.5. The first-order valence-electron chi connectivity index (χ1n) is 7.33. The van der Waals surface area contributed by atoms with E-state index in [4.69, 9.17) is 0 Å². The predicted molar refractivity (Wildman–Crippen MR) is 93.0 cm³/mol. The maximum absolute atomic E-state index is 4.53. The summed E-state index contributed by atoms with van der Waals surface area (Å²) in [6.45, 7) is 3.17. The summed E-state index contributed by atoms with van der Waals surface area (Å²) in [6.07, 6.45) is 2.86. The van der Waals surface area contributed by atoms with Crippen molar-refractivity contribution in [3.63, 3.8) is 0 Å². The van der Waals surface area contributed by atoms with Crippen molar-refractivity contribution in [2.75, 3.05) is 12.3 Å². The Morgan fingerprint density at radius 3 is 2.95 bits per heavy atom. The van der Waals surface area contributed by atoms with E-state index in [2.05, 4.69) is 69.6 Å². The van der Waals surface area contributed by atoms with E-state index in [1.165, 1.54) is 10.5 Å². The Balaban J connectivity index is 1.80. The Bertz CT molecular complexity index is 600. The van der Waals surface area contributed by atoms with Crippen LogP contribution in [-0.4, -0.2) is 23.3 Å². The third-order valence-corrected chi connectivity index (χ3v) is 5.58. The molecule has 1 aliphatic rings. The molecule has 2 heterocycles. The second kappa shape index (κ2) is 6.95. The lowest BCUT2D eigenvalue weighted by Gasteiger charge is -2.24. The van der Waals surface area contributed by atoms with Gasteiger partial charge in [-0.2, -0.15) is 0 Å². The van der Waals surface area contributed by atoms with Crippen LogP contribution < -0.4 is 5.32 Å². The minimum atomic E-state index is 0.444. The van der Waals surface area contributed by atoms with E-state index in [9.17, 15) is 0 Å². The summed E-state index contributed by atoms with van der Waals surface area (Å²) in [4.78, 5) is 5.97. The van der Waals surface area contributed by atoms with Gasteiger partial charge in [0, 0.05) is 45.4 Å². The molecule has 0 saturated heterocycles. The molecule has 0 spiro atoms. The monoisotopic (exact) mass is 362 g/mol. The molecule has 2 unspecified atom stereocenters. The lowest BCUT2D eigenvalue weighted by atomic mass is 9.90. The van der Waals surface area contributed by atoms with Gasteiger partial charge < -0.3 is 5.32 Å². The van der Waals surface area contributed by atoms with E-state index in [0.717, 1.165) is 28.9 Å². The van der Waals surface area contributed by atoms with Gasteiger partial charge in [0.05, 0.1) is 0 Å². The maximum atomic E-state index is 4.53. The van der Waals surface area contributed by atoms with Gasteiger partial charge in [0.15, 0.2) is 0 Å². The van der Waals surface area contributed by atoms with E-state index in [-0.39, 0.29) is 0 Å². The van der Waals surface area contributed by atoms with Crippen LogP contribution in [0.2, 0.25) is 0 Å². The standard InChI is InChI=1S/C17H19BrN2S/c1-2-19-16(9-13-8-7-12(18)10-20-13)15-11-21-17-6-4-3-5-14(15)17/h3-8,10,15-16,19H,2,9,11H2,1H3. The zero-order chi connectivity index (χ0) is 14.7. The van der Waals surface area contributed by atoms with Crippen molar-refractivity contribution < 1.29 is 0 Å². The van der Waals surface area contributed by atoms with Gasteiger partial charge in [0.2, 0.25) is 0 Å². The molecule has 1 aromatic carbocycles. The van der Waals surface area contributed by atoms with Crippen LogP contribution in [0, 0.1) is 0 Å². The summed E-state index contributed by atoms with van der Waals surface area (Å²) < 4.78 is 1.04. The molecular weight excluding hydrogens is 344 g/mol. The SMILES string of the molecule is CCNC(Cc1ccc(Br)cn1)C1CSc2ccccc21. The number of halogens is 1. The highest BCUT2D eigenvalue weighted by molar-refractivity contribution is 9.10. The quantitative estimate of drug-likeness (QED) is 0.860. The van der Waals surface area contributed by atoms with Crippen molar-refractivity contribution in [3.8, 4) is 0 Å². The van der Waals surface area contributed by atoms with Crippen LogP contribution in [0.15, 0.2) is 52.0 Å². The summed E-state index contributed by atoms with van der Waals surface area (Å²) in [5, 5.41) is 3.66. The fourth-order valence-electron chi connectivity index (χ4n) is 2.89. The number of nitrogens with one attached hydrogen (secondary N) is 1. The van der Waals surface area contributed by atoms with Gasteiger partial charge in [-0.25, -0.2) is 0 Å². The second-order valence-corrected chi connectivity index (χ2v) is 7.27. The first-order valence-corrected chi connectivity index (χ1v) is 9.11. The van der Waals surface area contributed by atoms with Crippen LogP contribution in [0.1, 0.15) is 24.1 Å². The van der Waals surface area contributed by atoms with Gasteiger partial charge in [0.1, 0.15) is 0 Å². The van der Waals surface area contributed by atoms with Crippen molar-refractivity contribution in [2.24, 2.45) is 0 Å². The van der Waals surface area contributed by atoms with E-state index in [0.29, 0.717) is 12.0 Å². The highest BCUT2D eigenvalue weighted by atomic mass is 79.9. The summed E-state index contributed by atoms with van der Waals surface area (Å²) in [7, 11) is 0. The van der Waals surface area contributed by atoms with Crippen LogP contribution in [0.4, 0.5) is 0 Å². The van der Waals surface area contributed by atoms with E-state index < -0.39 is 0 Å². The van der Waals surface area contributed by atoms with Crippen molar-refractivity contribution in [1.29, 1.82) is 0 Å². The Kier molecular flexibility index (Phi) is 4.99. The number of likely N-dealkylation sites (N-methyl/N-ethyl adjacent to an activating group) is 1. The largest absolute Gasteiger partial charge is 0.313 e. The number of benzene rings is 1. The Morgan fingerprint density at radius 2 is 2.19 bits per heavy atom. The van der Waals surface area contributed by atoms with Crippen molar-refractivity contribution in [2.45, 2.75) is 30.2 Å². The summed E-state index contributed by atoms with van der Waals surface area (Å²) in [5.41, 5.74) is 2.64. The molecule has 2 aromatic rings. The average Bonchev–Trinajstić information content (AvgIpc) is 2.93. The fourth-order valence-corrected chi connectivity index (χ4v) is 4.46. The molecule has 0 fully saturated rings. The zero-order valence-electron chi connectivity index (χ0n) is 12.1. The van der Waals surface area contributed by atoms with E-state index in [1.54, 1.807) is 0 Å². The molecule has 1 N–H and O–H groups in total. The number of pyridine rings is 1. The van der Waals surface area contributed by atoms with Gasteiger partial charge in [-0.1, -0.05) is 25.1 Å². The number of hydrogen-bond acceptors (Lipinski definition) is 3. The third kappa shape index (κ3) is 3.50.